The van der Waals surface area contributed by atoms with Gasteiger partial charge in [-0.25, -0.2) is 0 Å². The molecular weight excluding hydrogens is 232 g/mol. The molecule has 18 heavy (non-hydrogen) atoms. The molecule has 1 aromatic carbocycles. The van der Waals surface area contributed by atoms with Crippen LogP contribution in [0.4, 0.5) is 0 Å². The van der Waals surface area contributed by atoms with Crippen LogP contribution in [0.15, 0.2) is 24.3 Å². The van der Waals surface area contributed by atoms with Crippen molar-refractivity contribution in [1.82, 2.24) is 5.32 Å². The van der Waals surface area contributed by atoms with E-state index in [1.165, 1.54) is 0 Å². The van der Waals surface area contributed by atoms with Crippen molar-refractivity contribution in [3.8, 4) is 11.8 Å². The second-order valence-corrected chi connectivity index (χ2v) is 4.22. The van der Waals surface area contributed by atoms with Crippen molar-refractivity contribution in [2.24, 2.45) is 0 Å². The van der Waals surface area contributed by atoms with E-state index in [1.807, 2.05) is 6.07 Å². The first-order valence-corrected chi connectivity index (χ1v) is 5.90. The van der Waals surface area contributed by atoms with Gasteiger partial charge in [-0.05, 0) is 12.1 Å². The molecule has 2 rings (SSSR count). The maximum atomic E-state index is 9.73. The first-order valence-electron chi connectivity index (χ1n) is 5.90. The number of para-hydroxylation sites is 1. The summed E-state index contributed by atoms with van der Waals surface area (Å²) in [5.41, 5.74) is 0.477. The standard InChI is InChI=1S/C13H16N2O3/c14-5-10-3-1-2-4-13(10)18-9-12(16)6-15-11-7-17-8-11/h1-4,11-12,15-16H,6-9H2. The number of aliphatic hydroxyl groups excluding tert-OH is 1. The van der Waals surface area contributed by atoms with E-state index in [0.29, 0.717) is 37.1 Å². The molecule has 1 aliphatic rings. The van der Waals surface area contributed by atoms with Gasteiger partial charge in [-0.2, -0.15) is 5.26 Å². The van der Waals surface area contributed by atoms with Crippen LogP contribution in [-0.4, -0.2) is 43.6 Å². The molecule has 0 bridgehead atoms. The van der Waals surface area contributed by atoms with Crippen molar-refractivity contribution in [3.63, 3.8) is 0 Å². The highest BCUT2D eigenvalue weighted by Crippen LogP contribution is 2.16. The number of nitrogens with zero attached hydrogens (tertiary/aromatic N) is 1. The Morgan fingerprint density at radius 1 is 1.50 bits per heavy atom. The molecule has 5 heteroatoms. The normalized spacial score (nSPS) is 16.7. The second-order valence-electron chi connectivity index (χ2n) is 4.22. The third-order valence-electron chi connectivity index (χ3n) is 2.72. The fourth-order valence-corrected chi connectivity index (χ4v) is 1.59. The molecule has 0 radical (unpaired) electrons. The number of ether oxygens (including phenoxy) is 2. The van der Waals surface area contributed by atoms with Crippen LogP contribution in [0.1, 0.15) is 5.56 Å². The van der Waals surface area contributed by atoms with Crippen LogP contribution >= 0.6 is 0 Å². The quantitative estimate of drug-likeness (QED) is 0.756. The van der Waals surface area contributed by atoms with Crippen molar-refractivity contribution in [2.45, 2.75) is 12.1 Å². The van der Waals surface area contributed by atoms with E-state index in [-0.39, 0.29) is 6.61 Å². The van der Waals surface area contributed by atoms with Gasteiger partial charge in [0.1, 0.15) is 24.5 Å². The highest BCUT2D eigenvalue weighted by Gasteiger charge is 2.18. The molecule has 96 valence electrons. The molecule has 1 aromatic rings. The molecule has 1 unspecified atom stereocenters. The average molecular weight is 248 g/mol. The van der Waals surface area contributed by atoms with Crippen LogP contribution in [0, 0.1) is 11.3 Å². The SMILES string of the molecule is N#Cc1ccccc1OCC(O)CNC1COC1. The van der Waals surface area contributed by atoms with E-state index in [2.05, 4.69) is 5.32 Å². The average Bonchev–Trinajstić information content (AvgIpc) is 2.35. The smallest absolute Gasteiger partial charge is 0.137 e. The first-order chi connectivity index (χ1) is 8.79. The van der Waals surface area contributed by atoms with E-state index in [4.69, 9.17) is 14.7 Å². The lowest BCUT2D eigenvalue weighted by Gasteiger charge is -2.28. The molecule has 0 spiro atoms. The molecule has 0 saturated carbocycles. The summed E-state index contributed by atoms with van der Waals surface area (Å²) in [6.45, 7) is 2.03. The minimum atomic E-state index is -0.600. The van der Waals surface area contributed by atoms with E-state index < -0.39 is 6.10 Å². The third kappa shape index (κ3) is 3.44. The number of aliphatic hydroxyl groups is 1. The number of benzene rings is 1. The lowest BCUT2D eigenvalue weighted by atomic mass is 10.2. The molecule has 0 aromatic heterocycles. The van der Waals surface area contributed by atoms with Crippen molar-refractivity contribution in [1.29, 1.82) is 5.26 Å². The van der Waals surface area contributed by atoms with E-state index in [1.54, 1.807) is 24.3 Å². The summed E-state index contributed by atoms with van der Waals surface area (Å²) in [5, 5.41) is 21.8. The first kappa shape index (κ1) is 12.8. The molecule has 2 N–H and O–H groups in total. The second kappa shape index (κ2) is 6.36. The van der Waals surface area contributed by atoms with Crippen LogP contribution in [0.3, 0.4) is 0 Å². The van der Waals surface area contributed by atoms with E-state index in [0.717, 1.165) is 0 Å². The molecule has 5 nitrogen and oxygen atoms in total. The summed E-state index contributed by atoms with van der Waals surface area (Å²) in [7, 11) is 0. The Morgan fingerprint density at radius 3 is 2.94 bits per heavy atom. The van der Waals surface area contributed by atoms with Crippen molar-refractivity contribution in [2.75, 3.05) is 26.4 Å². The fraction of sp³-hybridized carbons (Fsp3) is 0.462. The predicted molar refractivity (Wildman–Crippen MR) is 65.3 cm³/mol. The van der Waals surface area contributed by atoms with Gasteiger partial charge in [-0.1, -0.05) is 12.1 Å². The minimum absolute atomic E-state index is 0.166. The zero-order valence-electron chi connectivity index (χ0n) is 10.0. The summed E-state index contributed by atoms with van der Waals surface area (Å²) in [4.78, 5) is 0. The Labute approximate surface area is 106 Å². The third-order valence-corrected chi connectivity index (χ3v) is 2.72. The Bertz CT molecular complexity index is 426. The van der Waals surface area contributed by atoms with Crippen LogP contribution in [0.25, 0.3) is 0 Å². The molecule has 1 atom stereocenters. The highest BCUT2D eigenvalue weighted by molar-refractivity contribution is 5.42. The number of nitriles is 1. The fourth-order valence-electron chi connectivity index (χ4n) is 1.59. The summed E-state index contributed by atoms with van der Waals surface area (Å²) in [6, 6.07) is 9.37. The van der Waals surface area contributed by atoms with Gasteiger partial charge in [-0.3, -0.25) is 0 Å². The predicted octanol–water partition coefficient (Wildman–Crippen LogP) is 0.286. The summed E-state index contributed by atoms with van der Waals surface area (Å²) in [5.74, 6) is 0.506. The van der Waals surface area contributed by atoms with Gasteiger partial charge in [0.2, 0.25) is 0 Å². The van der Waals surface area contributed by atoms with Gasteiger partial charge in [0, 0.05) is 6.54 Å². The lowest BCUT2D eigenvalue weighted by molar-refractivity contribution is -0.0118. The summed E-state index contributed by atoms with van der Waals surface area (Å²) >= 11 is 0. The largest absolute Gasteiger partial charge is 0.489 e. The van der Waals surface area contributed by atoms with Crippen LogP contribution in [0.2, 0.25) is 0 Å². The lowest BCUT2D eigenvalue weighted by Crippen LogP contribution is -2.49. The number of nitrogens with one attached hydrogen (secondary N) is 1. The zero-order chi connectivity index (χ0) is 12.8. The van der Waals surface area contributed by atoms with Gasteiger partial charge in [0.25, 0.3) is 0 Å². The van der Waals surface area contributed by atoms with Gasteiger partial charge < -0.3 is 19.9 Å². The summed E-state index contributed by atoms with van der Waals surface area (Å²) in [6.07, 6.45) is -0.600. The molecule has 1 heterocycles. The van der Waals surface area contributed by atoms with E-state index >= 15 is 0 Å². The molecule has 0 aliphatic carbocycles. The molecule has 1 aliphatic heterocycles. The maximum Gasteiger partial charge on any atom is 0.137 e. The van der Waals surface area contributed by atoms with Crippen molar-refractivity contribution >= 4 is 0 Å². The minimum Gasteiger partial charge on any atom is -0.489 e. The number of hydrogen-bond donors (Lipinski definition) is 2. The van der Waals surface area contributed by atoms with Gasteiger partial charge in [0.15, 0.2) is 0 Å². The number of hydrogen-bond acceptors (Lipinski definition) is 5. The van der Waals surface area contributed by atoms with Crippen LogP contribution in [0.5, 0.6) is 5.75 Å². The topological polar surface area (TPSA) is 74.5 Å². The van der Waals surface area contributed by atoms with Crippen molar-refractivity contribution < 1.29 is 14.6 Å². The van der Waals surface area contributed by atoms with Gasteiger partial charge in [0.05, 0.1) is 24.8 Å². The molecule has 0 amide bonds. The van der Waals surface area contributed by atoms with Crippen molar-refractivity contribution in [3.05, 3.63) is 29.8 Å². The molecular formula is C13H16N2O3. The monoisotopic (exact) mass is 248 g/mol. The Hall–Kier alpha value is -1.61. The Morgan fingerprint density at radius 2 is 2.28 bits per heavy atom. The Balaban J connectivity index is 1.74. The Kier molecular flexibility index (Phi) is 4.53. The van der Waals surface area contributed by atoms with Gasteiger partial charge >= 0.3 is 0 Å². The molecule has 1 saturated heterocycles. The zero-order valence-corrected chi connectivity index (χ0v) is 10.0. The summed E-state index contributed by atoms with van der Waals surface area (Å²) < 4.78 is 10.4. The van der Waals surface area contributed by atoms with Crippen LogP contribution < -0.4 is 10.1 Å². The number of rotatable bonds is 6. The molecule has 1 fully saturated rings. The van der Waals surface area contributed by atoms with Gasteiger partial charge in [-0.15, -0.1) is 0 Å². The van der Waals surface area contributed by atoms with Crippen LogP contribution in [-0.2, 0) is 4.74 Å². The maximum absolute atomic E-state index is 9.73. The highest BCUT2D eigenvalue weighted by atomic mass is 16.5. The van der Waals surface area contributed by atoms with E-state index in [9.17, 15) is 5.11 Å².